The molecule has 0 N–H and O–H groups in total. The zero-order valence-electron chi connectivity index (χ0n) is 17.8. The van der Waals surface area contributed by atoms with E-state index in [1.807, 2.05) is 0 Å². The molecule has 1 aromatic carbocycles. The molecule has 2 aromatic rings. The number of fused-ring (bicyclic) bond motifs is 1. The molecule has 7 nitrogen and oxygen atoms in total. The highest BCUT2D eigenvalue weighted by atomic mass is 19.4. The molecule has 1 saturated heterocycles. The van der Waals surface area contributed by atoms with Crippen molar-refractivity contribution in [3.05, 3.63) is 46.0 Å². The van der Waals surface area contributed by atoms with Gasteiger partial charge in [-0.3, -0.25) is 9.36 Å². The summed E-state index contributed by atoms with van der Waals surface area (Å²) in [6.07, 6.45) is -4.39. The van der Waals surface area contributed by atoms with Crippen molar-refractivity contribution in [2.24, 2.45) is 0 Å². The molecular weight excluding hydrogens is 432 g/mol. The summed E-state index contributed by atoms with van der Waals surface area (Å²) in [5, 5.41) is 0. The quantitative estimate of drug-likeness (QED) is 0.645. The van der Waals surface area contributed by atoms with Gasteiger partial charge in [0, 0.05) is 19.6 Å². The monoisotopic (exact) mass is 456 g/mol. The molecule has 3 heterocycles. The molecule has 0 saturated carbocycles. The summed E-state index contributed by atoms with van der Waals surface area (Å²) < 4.78 is 68.4. The fourth-order valence-corrected chi connectivity index (χ4v) is 4.08. The smallest absolute Gasteiger partial charge is 0.413 e. The molecule has 4 rings (SSSR count). The van der Waals surface area contributed by atoms with E-state index in [-0.39, 0.29) is 24.7 Å². The van der Waals surface area contributed by atoms with Gasteiger partial charge < -0.3 is 19.3 Å². The van der Waals surface area contributed by atoms with Crippen molar-refractivity contribution in [1.29, 1.82) is 0 Å². The van der Waals surface area contributed by atoms with E-state index in [1.165, 1.54) is 12.0 Å². The molecule has 0 bridgehead atoms. The minimum absolute atomic E-state index is 0.0526. The Hall–Kier alpha value is -2.82. The van der Waals surface area contributed by atoms with E-state index in [0.29, 0.717) is 32.1 Å². The number of benzene rings is 1. The number of hydrogen-bond acceptors (Lipinski definition) is 6. The van der Waals surface area contributed by atoms with E-state index in [4.69, 9.17) is 9.47 Å². The van der Waals surface area contributed by atoms with Crippen molar-refractivity contribution in [2.45, 2.75) is 31.6 Å². The van der Waals surface area contributed by atoms with Gasteiger partial charge >= 0.3 is 6.18 Å². The Bertz CT molecular complexity index is 1040. The lowest BCUT2D eigenvalue weighted by Gasteiger charge is -2.37. The SMILES string of the molecule is COc1ccc(CCN2c3nc(N4CCOCC4)c(F)c(=O)n3C[C@]2(C)C(F)(F)F)cc1. The topological polar surface area (TPSA) is 59.8 Å². The van der Waals surface area contributed by atoms with Crippen molar-refractivity contribution < 1.29 is 27.0 Å². The van der Waals surface area contributed by atoms with Gasteiger partial charge in [-0.25, -0.2) is 0 Å². The van der Waals surface area contributed by atoms with Crippen LogP contribution < -0.4 is 20.1 Å². The Balaban J connectivity index is 1.72. The van der Waals surface area contributed by atoms with Crippen LogP contribution in [0.15, 0.2) is 29.1 Å². The number of rotatable bonds is 5. The van der Waals surface area contributed by atoms with Gasteiger partial charge in [0.25, 0.3) is 5.56 Å². The highest BCUT2D eigenvalue weighted by Gasteiger charge is 2.60. The second-order valence-electron chi connectivity index (χ2n) is 8.06. The van der Waals surface area contributed by atoms with E-state index >= 15 is 0 Å². The lowest BCUT2D eigenvalue weighted by Crippen LogP contribution is -2.56. The van der Waals surface area contributed by atoms with Gasteiger partial charge in [0.15, 0.2) is 11.4 Å². The van der Waals surface area contributed by atoms with Gasteiger partial charge in [-0.15, -0.1) is 0 Å². The summed E-state index contributed by atoms with van der Waals surface area (Å²) in [6, 6.07) is 6.99. The Morgan fingerprint density at radius 1 is 1.19 bits per heavy atom. The number of methoxy groups -OCH3 is 1. The third-order valence-electron chi connectivity index (χ3n) is 6.08. The summed E-state index contributed by atoms with van der Waals surface area (Å²) in [7, 11) is 1.53. The Morgan fingerprint density at radius 2 is 1.84 bits per heavy atom. The first-order valence-electron chi connectivity index (χ1n) is 10.3. The van der Waals surface area contributed by atoms with Gasteiger partial charge in [0.05, 0.1) is 26.9 Å². The molecule has 1 atom stereocenters. The van der Waals surface area contributed by atoms with E-state index in [9.17, 15) is 22.4 Å². The number of ether oxygens (including phenoxy) is 2. The summed E-state index contributed by atoms with van der Waals surface area (Å²) in [5.74, 6) is -0.909. The maximum atomic E-state index is 14.8. The second-order valence-corrected chi connectivity index (χ2v) is 8.06. The molecule has 2 aliphatic rings. The molecule has 0 unspecified atom stereocenters. The molecule has 174 valence electrons. The zero-order chi connectivity index (χ0) is 23.1. The number of hydrogen-bond donors (Lipinski definition) is 0. The van der Waals surface area contributed by atoms with Crippen LogP contribution in [0, 0.1) is 5.82 Å². The molecule has 2 aliphatic heterocycles. The molecule has 0 spiro atoms. The van der Waals surface area contributed by atoms with Crippen LogP contribution in [-0.4, -0.2) is 61.2 Å². The van der Waals surface area contributed by atoms with Gasteiger partial charge in [-0.1, -0.05) is 12.1 Å². The predicted octanol–water partition coefficient (Wildman–Crippen LogP) is 2.61. The van der Waals surface area contributed by atoms with Crippen LogP contribution in [0.1, 0.15) is 12.5 Å². The lowest BCUT2D eigenvalue weighted by molar-refractivity contribution is -0.182. The molecule has 11 heteroatoms. The third kappa shape index (κ3) is 3.78. The lowest BCUT2D eigenvalue weighted by atomic mass is 10.00. The minimum atomic E-state index is -4.66. The number of alkyl halides is 3. The third-order valence-corrected chi connectivity index (χ3v) is 6.08. The second kappa shape index (κ2) is 8.27. The van der Waals surface area contributed by atoms with Crippen LogP contribution in [-0.2, 0) is 17.7 Å². The maximum Gasteiger partial charge on any atom is 0.413 e. The van der Waals surface area contributed by atoms with Crippen LogP contribution in [0.5, 0.6) is 5.75 Å². The van der Waals surface area contributed by atoms with Gasteiger partial charge in [-0.05, 0) is 31.0 Å². The van der Waals surface area contributed by atoms with Crippen LogP contribution in [0.4, 0.5) is 29.3 Å². The number of anilines is 2. The first-order valence-corrected chi connectivity index (χ1v) is 10.3. The molecule has 1 fully saturated rings. The first kappa shape index (κ1) is 22.4. The maximum absolute atomic E-state index is 14.8. The summed E-state index contributed by atoms with van der Waals surface area (Å²) in [4.78, 5) is 19.5. The summed E-state index contributed by atoms with van der Waals surface area (Å²) >= 11 is 0. The summed E-state index contributed by atoms with van der Waals surface area (Å²) in [6.45, 7) is 1.48. The standard InChI is InChI=1S/C21H24F4N4O3/c1-20(21(23,24)25)13-28-18(30)16(22)17(27-9-11-32-12-10-27)26-19(28)29(20)8-7-14-3-5-15(31-2)6-4-14/h3-6H,7-13H2,1-2H3/t20-/m1/s1. The van der Waals surface area contributed by atoms with Crippen molar-refractivity contribution in [1.82, 2.24) is 9.55 Å². The normalized spacial score (nSPS) is 21.1. The highest BCUT2D eigenvalue weighted by molar-refractivity contribution is 5.51. The first-order chi connectivity index (χ1) is 15.2. The molecule has 1 aromatic heterocycles. The molecular formula is C21H24F4N4O3. The Labute approximate surface area is 182 Å². The van der Waals surface area contributed by atoms with Gasteiger partial charge in [-0.2, -0.15) is 22.5 Å². The molecule has 32 heavy (non-hydrogen) atoms. The van der Waals surface area contributed by atoms with Crippen LogP contribution in [0.3, 0.4) is 0 Å². The number of nitrogens with zero attached hydrogens (tertiary/aromatic N) is 4. The van der Waals surface area contributed by atoms with Crippen molar-refractivity contribution >= 4 is 11.8 Å². The fraction of sp³-hybridized carbons (Fsp3) is 0.524. The largest absolute Gasteiger partial charge is 0.497 e. The van der Waals surface area contributed by atoms with E-state index in [1.54, 1.807) is 24.3 Å². The Kier molecular flexibility index (Phi) is 5.78. The highest BCUT2D eigenvalue weighted by Crippen LogP contribution is 2.43. The number of aromatic nitrogens is 2. The number of morpholine rings is 1. The summed E-state index contributed by atoms with van der Waals surface area (Å²) in [5.41, 5.74) is -2.69. The molecule has 0 aliphatic carbocycles. The van der Waals surface area contributed by atoms with Crippen molar-refractivity contribution in [3.8, 4) is 5.75 Å². The van der Waals surface area contributed by atoms with Crippen molar-refractivity contribution in [3.63, 3.8) is 0 Å². The van der Waals surface area contributed by atoms with E-state index in [2.05, 4.69) is 4.98 Å². The van der Waals surface area contributed by atoms with Crippen LogP contribution >= 0.6 is 0 Å². The zero-order valence-corrected chi connectivity index (χ0v) is 17.8. The van der Waals surface area contributed by atoms with Crippen molar-refractivity contribution in [2.75, 3.05) is 49.8 Å². The molecule has 0 amide bonds. The van der Waals surface area contributed by atoms with Crippen LogP contribution in [0.25, 0.3) is 0 Å². The average molecular weight is 456 g/mol. The van der Waals surface area contributed by atoms with Gasteiger partial charge in [0.2, 0.25) is 11.8 Å². The minimum Gasteiger partial charge on any atom is -0.497 e. The predicted molar refractivity (Wildman–Crippen MR) is 110 cm³/mol. The van der Waals surface area contributed by atoms with Crippen LogP contribution in [0.2, 0.25) is 0 Å². The van der Waals surface area contributed by atoms with E-state index in [0.717, 1.165) is 22.0 Å². The molecule has 0 radical (unpaired) electrons. The Morgan fingerprint density at radius 3 is 2.44 bits per heavy atom. The number of halogens is 4. The van der Waals surface area contributed by atoms with Gasteiger partial charge in [0.1, 0.15) is 5.75 Å². The fourth-order valence-electron chi connectivity index (χ4n) is 4.08. The van der Waals surface area contributed by atoms with E-state index < -0.39 is 29.6 Å². The average Bonchev–Trinajstić information content (AvgIpc) is 3.08.